The average Bonchev–Trinajstić information content (AvgIpc) is 2.77. The maximum absolute atomic E-state index is 12.0. The lowest BCUT2D eigenvalue weighted by Crippen LogP contribution is -2.36. The number of carbonyl (C=O) groups excluding carboxylic acids is 1. The molecule has 2 rings (SSSR count). The molecule has 1 aliphatic rings. The van der Waals surface area contributed by atoms with Crippen molar-refractivity contribution in [3.05, 3.63) is 11.8 Å². The molecular formula is C15H26N4OS. The standard InChI is InChI=1S/C15H26N4OS/c1-21-9-8-12(16)15(20)17-14-10-13(18-19-14)11-6-4-2-3-5-7-11/h10-12H,2-9,16H2,1H3,(H2,17,18,19,20)/t12-/m0/s1. The summed E-state index contributed by atoms with van der Waals surface area (Å²) in [5.41, 5.74) is 7.00. The zero-order valence-corrected chi connectivity index (χ0v) is 13.5. The van der Waals surface area contributed by atoms with Gasteiger partial charge in [-0.2, -0.15) is 16.9 Å². The molecule has 1 atom stereocenters. The maximum atomic E-state index is 12.0. The summed E-state index contributed by atoms with van der Waals surface area (Å²) in [5, 5.41) is 10.1. The van der Waals surface area contributed by atoms with Crippen molar-refractivity contribution in [2.45, 2.75) is 56.9 Å². The molecule has 1 fully saturated rings. The second-order valence-electron chi connectivity index (χ2n) is 5.77. The fourth-order valence-electron chi connectivity index (χ4n) is 2.79. The summed E-state index contributed by atoms with van der Waals surface area (Å²) >= 11 is 1.70. The normalized spacial score (nSPS) is 18.2. The first-order valence-corrected chi connectivity index (χ1v) is 9.20. The van der Waals surface area contributed by atoms with Crippen molar-refractivity contribution in [2.24, 2.45) is 5.73 Å². The third kappa shape index (κ3) is 5.04. The van der Waals surface area contributed by atoms with E-state index in [4.69, 9.17) is 5.73 Å². The van der Waals surface area contributed by atoms with Gasteiger partial charge in [-0.3, -0.25) is 9.89 Å². The number of amides is 1. The Labute approximate surface area is 130 Å². The molecule has 0 bridgehead atoms. The maximum Gasteiger partial charge on any atom is 0.242 e. The van der Waals surface area contributed by atoms with Crippen LogP contribution in [0.3, 0.4) is 0 Å². The second kappa shape index (κ2) is 8.44. The largest absolute Gasteiger partial charge is 0.320 e. The number of H-pyrrole nitrogens is 1. The number of thioether (sulfide) groups is 1. The molecule has 0 radical (unpaired) electrons. The van der Waals surface area contributed by atoms with Crippen molar-refractivity contribution in [3.8, 4) is 0 Å². The van der Waals surface area contributed by atoms with E-state index in [9.17, 15) is 4.79 Å². The highest BCUT2D eigenvalue weighted by Crippen LogP contribution is 2.31. The number of carbonyl (C=O) groups is 1. The van der Waals surface area contributed by atoms with Gasteiger partial charge in [0.1, 0.15) is 0 Å². The molecule has 0 spiro atoms. The Morgan fingerprint density at radius 2 is 2.19 bits per heavy atom. The van der Waals surface area contributed by atoms with Gasteiger partial charge in [0.25, 0.3) is 0 Å². The Morgan fingerprint density at radius 1 is 1.48 bits per heavy atom. The number of nitrogens with one attached hydrogen (secondary N) is 2. The van der Waals surface area contributed by atoms with E-state index >= 15 is 0 Å². The van der Waals surface area contributed by atoms with Gasteiger partial charge in [0.15, 0.2) is 5.82 Å². The number of rotatable bonds is 6. The van der Waals surface area contributed by atoms with Crippen molar-refractivity contribution in [1.82, 2.24) is 10.2 Å². The van der Waals surface area contributed by atoms with Crippen LogP contribution in [-0.4, -0.2) is 34.2 Å². The van der Waals surface area contributed by atoms with Crippen molar-refractivity contribution in [2.75, 3.05) is 17.3 Å². The smallest absolute Gasteiger partial charge is 0.242 e. The zero-order chi connectivity index (χ0) is 15.1. The summed E-state index contributed by atoms with van der Waals surface area (Å²) in [6, 6.07) is 1.50. The first-order chi connectivity index (χ1) is 10.2. The van der Waals surface area contributed by atoms with Crippen LogP contribution in [0.15, 0.2) is 6.07 Å². The number of aromatic amines is 1. The molecule has 1 aromatic rings. The van der Waals surface area contributed by atoms with Crippen LogP contribution in [0.4, 0.5) is 5.82 Å². The van der Waals surface area contributed by atoms with Gasteiger partial charge in [-0.1, -0.05) is 25.7 Å². The van der Waals surface area contributed by atoms with Crippen LogP contribution in [0.2, 0.25) is 0 Å². The fourth-order valence-corrected chi connectivity index (χ4v) is 3.28. The lowest BCUT2D eigenvalue weighted by Gasteiger charge is -2.11. The van der Waals surface area contributed by atoms with Crippen LogP contribution in [0.5, 0.6) is 0 Å². The van der Waals surface area contributed by atoms with E-state index in [0.717, 1.165) is 11.4 Å². The third-order valence-electron chi connectivity index (χ3n) is 4.11. The van der Waals surface area contributed by atoms with E-state index in [1.165, 1.54) is 38.5 Å². The number of anilines is 1. The average molecular weight is 310 g/mol. The summed E-state index contributed by atoms with van der Waals surface area (Å²) in [4.78, 5) is 12.0. The molecule has 118 valence electrons. The molecule has 1 saturated carbocycles. The van der Waals surface area contributed by atoms with Gasteiger partial charge in [0, 0.05) is 17.7 Å². The molecule has 0 unspecified atom stereocenters. The molecule has 1 aromatic heterocycles. The molecular weight excluding hydrogens is 284 g/mol. The van der Waals surface area contributed by atoms with Crippen molar-refractivity contribution < 1.29 is 4.79 Å². The van der Waals surface area contributed by atoms with Gasteiger partial charge in [-0.25, -0.2) is 0 Å². The highest BCUT2D eigenvalue weighted by molar-refractivity contribution is 7.98. The molecule has 6 heteroatoms. The van der Waals surface area contributed by atoms with Crippen molar-refractivity contribution >= 4 is 23.5 Å². The van der Waals surface area contributed by atoms with E-state index in [0.29, 0.717) is 18.2 Å². The highest BCUT2D eigenvalue weighted by atomic mass is 32.2. The van der Waals surface area contributed by atoms with Crippen molar-refractivity contribution in [1.29, 1.82) is 0 Å². The SMILES string of the molecule is CSCC[C@H](N)C(=O)Nc1cc(C2CCCCCC2)[nH]n1. The minimum absolute atomic E-state index is 0.150. The lowest BCUT2D eigenvalue weighted by molar-refractivity contribution is -0.117. The molecule has 1 heterocycles. The van der Waals surface area contributed by atoms with E-state index in [1.807, 2.05) is 12.3 Å². The lowest BCUT2D eigenvalue weighted by atomic mass is 9.97. The minimum Gasteiger partial charge on any atom is -0.320 e. The van der Waals surface area contributed by atoms with Crippen LogP contribution in [0, 0.1) is 0 Å². The number of nitrogens with zero attached hydrogens (tertiary/aromatic N) is 1. The summed E-state index contributed by atoms with van der Waals surface area (Å²) in [5.74, 6) is 1.89. The Morgan fingerprint density at radius 3 is 2.86 bits per heavy atom. The second-order valence-corrected chi connectivity index (χ2v) is 6.76. The van der Waals surface area contributed by atoms with Crippen LogP contribution in [0.1, 0.15) is 56.6 Å². The zero-order valence-electron chi connectivity index (χ0n) is 12.7. The molecule has 4 N–H and O–H groups in total. The summed E-state index contributed by atoms with van der Waals surface area (Å²) in [6.07, 6.45) is 10.4. The first kappa shape index (κ1) is 16.4. The van der Waals surface area contributed by atoms with E-state index in [1.54, 1.807) is 11.8 Å². The van der Waals surface area contributed by atoms with E-state index < -0.39 is 6.04 Å². The van der Waals surface area contributed by atoms with Gasteiger partial charge >= 0.3 is 0 Å². The summed E-state index contributed by atoms with van der Waals surface area (Å²) in [6.45, 7) is 0. The molecule has 0 saturated heterocycles. The van der Waals surface area contributed by atoms with Gasteiger partial charge in [-0.15, -0.1) is 0 Å². The van der Waals surface area contributed by atoms with Crippen LogP contribution < -0.4 is 11.1 Å². The summed E-state index contributed by atoms with van der Waals surface area (Å²) < 4.78 is 0. The quantitative estimate of drug-likeness (QED) is 0.705. The van der Waals surface area contributed by atoms with Crippen LogP contribution in [0.25, 0.3) is 0 Å². The number of nitrogens with two attached hydrogens (primary N) is 1. The molecule has 21 heavy (non-hydrogen) atoms. The predicted octanol–water partition coefficient (Wildman–Crippen LogP) is 2.87. The molecule has 5 nitrogen and oxygen atoms in total. The molecule has 1 amide bonds. The van der Waals surface area contributed by atoms with Gasteiger partial charge in [0.2, 0.25) is 5.91 Å². The Bertz CT molecular complexity index is 441. The number of hydrogen-bond acceptors (Lipinski definition) is 4. The van der Waals surface area contributed by atoms with Gasteiger partial charge < -0.3 is 11.1 Å². The Hall–Kier alpha value is -1.01. The Kier molecular flexibility index (Phi) is 6.57. The highest BCUT2D eigenvalue weighted by Gasteiger charge is 2.18. The monoisotopic (exact) mass is 310 g/mol. The van der Waals surface area contributed by atoms with Crippen LogP contribution in [-0.2, 0) is 4.79 Å². The van der Waals surface area contributed by atoms with Gasteiger partial charge in [0.05, 0.1) is 6.04 Å². The van der Waals surface area contributed by atoms with E-state index in [2.05, 4.69) is 15.5 Å². The first-order valence-electron chi connectivity index (χ1n) is 7.81. The molecule has 0 aliphatic heterocycles. The van der Waals surface area contributed by atoms with Crippen LogP contribution >= 0.6 is 11.8 Å². The van der Waals surface area contributed by atoms with Crippen molar-refractivity contribution in [3.63, 3.8) is 0 Å². The van der Waals surface area contributed by atoms with E-state index in [-0.39, 0.29) is 5.91 Å². The van der Waals surface area contributed by atoms with Gasteiger partial charge in [-0.05, 0) is 31.3 Å². The minimum atomic E-state index is -0.463. The molecule has 0 aromatic carbocycles. The predicted molar refractivity (Wildman–Crippen MR) is 88.6 cm³/mol. The Balaban J connectivity index is 1.88. The number of aromatic nitrogens is 2. The summed E-state index contributed by atoms with van der Waals surface area (Å²) in [7, 11) is 0. The fraction of sp³-hybridized carbons (Fsp3) is 0.733. The topological polar surface area (TPSA) is 83.8 Å². The number of hydrogen-bond donors (Lipinski definition) is 3. The molecule has 1 aliphatic carbocycles. The third-order valence-corrected chi connectivity index (χ3v) is 4.76.